The summed E-state index contributed by atoms with van der Waals surface area (Å²) in [6.07, 6.45) is 2.32. The predicted molar refractivity (Wildman–Crippen MR) is 79.0 cm³/mol. The monoisotopic (exact) mass is 294 g/mol. The van der Waals surface area contributed by atoms with Crippen LogP contribution in [0, 0.1) is 5.92 Å². The van der Waals surface area contributed by atoms with Gasteiger partial charge in [0.2, 0.25) is 5.91 Å². The van der Waals surface area contributed by atoms with Crippen LogP contribution in [-0.4, -0.2) is 39.6 Å². The van der Waals surface area contributed by atoms with Crippen molar-refractivity contribution in [2.75, 3.05) is 13.6 Å². The number of carbonyl (C=O) groups excluding carboxylic acids is 1. The normalized spacial score (nSPS) is 21.5. The highest BCUT2D eigenvalue weighted by Crippen LogP contribution is 2.18. The Bertz CT molecular complexity index is 661. The third kappa shape index (κ3) is 2.92. The molecule has 1 fully saturated rings. The van der Waals surface area contributed by atoms with Gasteiger partial charge in [0.05, 0.1) is 18.0 Å². The highest BCUT2D eigenvalue weighted by molar-refractivity contribution is 5.79. The predicted octanol–water partition coefficient (Wildman–Crippen LogP) is -0.960. The first-order valence-corrected chi connectivity index (χ1v) is 7.06. The SMILES string of the molecule is CC1NCCC1C(=O)N(C)Cc1cn(C)c(=O)n(C)c1=O. The van der Waals surface area contributed by atoms with E-state index in [0.717, 1.165) is 17.5 Å². The average molecular weight is 294 g/mol. The Hall–Kier alpha value is -1.89. The summed E-state index contributed by atoms with van der Waals surface area (Å²) in [4.78, 5) is 37.7. The molecule has 116 valence electrons. The van der Waals surface area contributed by atoms with Crippen molar-refractivity contribution in [3.05, 3.63) is 32.6 Å². The smallest absolute Gasteiger partial charge is 0.330 e. The highest BCUT2D eigenvalue weighted by atomic mass is 16.2. The van der Waals surface area contributed by atoms with E-state index in [1.54, 1.807) is 19.0 Å². The van der Waals surface area contributed by atoms with E-state index in [-0.39, 0.29) is 35.7 Å². The number of nitrogens with zero attached hydrogens (tertiary/aromatic N) is 3. The van der Waals surface area contributed by atoms with Gasteiger partial charge in [0.1, 0.15) is 0 Å². The fourth-order valence-electron chi connectivity index (χ4n) is 2.80. The van der Waals surface area contributed by atoms with E-state index in [9.17, 15) is 14.4 Å². The zero-order valence-corrected chi connectivity index (χ0v) is 12.9. The molecule has 1 aliphatic heterocycles. The molecule has 0 aliphatic carbocycles. The number of carbonyl (C=O) groups is 1. The number of aromatic nitrogens is 2. The van der Waals surface area contributed by atoms with Gasteiger partial charge in [-0.05, 0) is 19.9 Å². The Morgan fingerprint density at radius 1 is 1.43 bits per heavy atom. The van der Waals surface area contributed by atoms with E-state index in [0.29, 0.717) is 5.56 Å². The molecule has 0 radical (unpaired) electrons. The van der Waals surface area contributed by atoms with Gasteiger partial charge < -0.3 is 14.8 Å². The van der Waals surface area contributed by atoms with E-state index in [1.165, 1.54) is 17.8 Å². The summed E-state index contributed by atoms with van der Waals surface area (Å²) in [5.74, 6) is -0.0187. The van der Waals surface area contributed by atoms with E-state index in [2.05, 4.69) is 5.32 Å². The summed E-state index contributed by atoms with van der Waals surface area (Å²) in [6.45, 7) is 3.05. The molecule has 1 aliphatic rings. The van der Waals surface area contributed by atoms with Gasteiger partial charge in [-0.2, -0.15) is 0 Å². The number of hydrogen-bond acceptors (Lipinski definition) is 4. The van der Waals surface area contributed by atoms with Crippen molar-refractivity contribution in [1.82, 2.24) is 19.4 Å². The summed E-state index contributed by atoms with van der Waals surface area (Å²) in [6, 6.07) is 0.155. The second-order valence-corrected chi connectivity index (χ2v) is 5.74. The molecule has 2 unspecified atom stereocenters. The number of amides is 1. The maximum absolute atomic E-state index is 12.4. The zero-order valence-electron chi connectivity index (χ0n) is 12.9. The van der Waals surface area contributed by atoms with Crippen LogP contribution in [-0.2, 0) is 25.4 Å². The topological polar surface area (TPSA) is 76.3 Å². The van der Waals surface area contributed by atoms with Crippen molar-refractivity contribution < 1.29 is 4.79 Å². The molecule has 2 rings (SSSR count). The molecule has 0 spiro atoms. The molecule has 1 amide bonds. The van der Waals surface area contributed by atoms with E-state index in [4.69, 9.17) is 0 Å². The van der Waals surface area contributed by atoms with Gasteiger partial charge in [-0.3, -0.25) is 14.2 Å². The Kier molecular flexibility index (Phi) is 4.32. The summed E-state index contributed by atoms with van der Waals surface area (Å²) < 4.78 is 2.42. The van der Waals surface area contributed by atoms with Crippen LogP contribution in [0.15, 0.2) is 15.8 Å². The van der Waals surface area contributed by atoms with Crippen LogP contribution in [0.2, 0.25) is 0 Å². The van der Waals surface area contributed by atoms with Crippen molar-refractivity contribution in [1.29, 1.82) is 0 Å². The van der Waals surface area contributed by atoms with Gasteiger partial charge in [-0.1, -0.05) is 0 Å². The molecular formula is C14H22N4O3. The molecule has 2 atom stereocenters. The van der Waals surface area contributed by atoms with E-state index in [1.807, 2.05) is 6.92 Å². The summed E-state index contributed by atoms with van der Waals surface area (Å²) in [5.41, 5.74) is -0.282. The average Bonchev–Trinajstić information content (AvgIpc) is 2.87. The lowest BCUT2D eigenvalue weighted by molar-refractivity contribution is -0.134. The van der Waals surface area contributed by atoms with E-state index < -0.39 is 0 Å². The molecule has 0 bridgehead atoms. The third-order valence-corrected chi connectivity index (χ3v) is 4.14. The Labute approximate surface area is 123 Å². The lowest BCUT2D eigenvalue weighted by atomic mass is 10.0. The molecule has 0 saturated carbocycles. The maximum Gasteiger partial charge on any atom is 0.330 e. The van der Waals surface area contributed by atoms with Crippen LogP contribution in [0.4, 0.5) is 0 Å². The second-order valence-electron chi connectivity index (χ2n) is 5.74. The fraction of sp³-hybridized carbons (Fsp3) is 0.643. The Morgan fingerprint density at radius 2 is 2.10 bits per heavy atom. The first-order chi connectivity index (χ1) is 9.82. The summed E-state index contributed by atoms with van der Waals surface area (Å²) >= 11 is 0. The molecule has 2 heterocycles. The van der Waals surface area contributed by atoms with Crippen molar-refractivity contribution in [2.45, 2.75) is 25.9 Å². The molecule has 7 heteroatoms. The van der Waals surface area contributed by atoms with Crippen LogP contribution < -0.4 is 16.6 Å². The zero-order chi connectivity index (χ0) is 15.7. The third-order valence-electron chi connectivity index (χ3n) is 4.14. The van der Waals surface area contributed by atoms with Gasteiger partial charge in [0, 0.05) is 33.4 Å². The van der Waals surface area contributed by atoms with Gasteiger partial charge in [-0.15, -0.1) is 0 Å². The van der Waals surface area contributed by atoms with Crippen molar-refractivity contribution >= 4 is 5.91 Å². The highest BCUT2D eigenvalue weighted by Gasteiger charge is 2.31. The van der Waals surface area contributed by atoms with Crippen molar-refractivity contribution in [3.8, 4) is 0 Å². The Morgan fingerprint density at radius 3 is 2.67 bits per heavy atom. The Balaban J connectivity index is 2.20. The van der Waals surface area contributed by atoms with Gasteiger partial charge in [0.15, 0.2) is 0 Å². The molecule has 7 nitrogen and oxygen atoms in total. The first-order valence-electron chi connectivity index (χ1n) is 7.06. The summed E-state index contributed by atoms with van der Waals surface area (Å²) in [5, 5.41) is 3.25. The van der Waals surface area contributed by atoms with Gasteiger partial charge in [-0.25, -0.2) is 4.79 Å². The molecule has 1 aromatic rings. The quantitative estimate of drug-likeness (QED) is 0.779. The first kappa shape index (κ1) is 15.5. The van der Waals surface area contributed by atoms with Crippen LogP contribution in [0.25, 0.3) is 0 Å². The lowest BCUT2D eigenvalue weighted by Crippen LogP contribution is -2.42. The lowest BCUT2D eigenvalue weighted by Gasteiger charge is -2.23. The largest absolute Gasteiger partial charge is 0.341 e. The summed E-state index contributed by atoms with van der Waals surface area (Å²) in [7, 11) is 4.73. The molecular weight excluding hydrogens is 272 g/mol. The fourth-order valence-corrected chi connectivity index (χ4v) is 2.80. The minimum atomic E-state index is -0.369. The standard InChI is InChI=1S/C14H22N4O3/c1-9-11(5-6-15-9)13(20)16(2)7-10-8-17(3)14(21)18(4)12(10)19/h8-9,11,15H,5-7H2,1-4H3. The van der Waals surface area contributed by atoms with Crippen LogP contribution in [0.3, 0.4) is 0 Å². The maximum atomic E-state index is 12.4. The number of hydrogen-bond donors (Lipinski definition) is 1. The van der Waals surface area contributed by atoms with Crippen LogP contribution >= 0.6 is 0 Å². The number of rotatable bonds is 3. The minimum absolute atomic E-state index is 0.0309. The second kappa shape index (κ2) is 5.85. The number of aryl methyl sites for hydroxylation is 1. The van der Waals surface area contributed by atoms with Gasteiger partial charge >= 0.3 is 5.69 Å². The van der Waals surface area contributed by atoms with Crippen LogP contribution in [0.5, 0.6) is 0 Å². The van der Waals surface area contributed by atoms with E-state index >= 15 is 0 Å². The molecule has 21 heavy (non-hydrogen) atoms. The van der Waals surface area contributed by atoms with Crippen LogP contribution in [0.1, 0.15) is 18.9 Å². The molecule has 1 aromatic heterocycles. The molecule has 1 saturated heterocycles. The number of nitrogens with one attached hydrogen (secondary N) is 1. The minimum Gasteiger partial charge on any atom is -0.341 e. The van der Waals surface area contributed by atoms with Crippen molar-refractivity contribution in [2.24, 2.45) is 20.0 Å². The van der Waals surface area contributed by atoms with Crippen molar-refractivity contribution in [3.63, 3.8) is 0 Å². The molecule has 0 aromatic carbocycles. The molecule has 1 N–H and O–H groups in total. The van der Waals surface area contributed by atoms with Gasteiger partial charge in [0.25, 0.3) is 5.56 Å².